The molecular formula is C7H11ClN2OS. The quantitative estimate of drug-likeness (QED) is 0.711. The van der Waals surface area contributed by atoms with E-state index in [9.17, 15) is 0 Å². The molecule has 0 bridgehead atoms. The van der Waals surface area contributed by atoms with E-state index in [1.54, 1.807) is 7.11 Å². The molecule has 68 valence electrons. The Labute approximate surface area is 80.7 Å². The van der Waals surface area contributed by atoms with Gasteiger partial charge in [-0.3, -0.25) is 0 Å². The van der Waals surface area contributed by atoms with Crippen LogP contribution >= 0.6 is 22.9 Å². The van der Waals surface area contributed by atoms with Gasteiger partial charge in [0.15, 0.2) is 0 Å². The molecule has 0 atom stereocenters. The van der Waals surface area contributed by atoms with Crippen LogP contribution in [0.4, 0.5) is 0 Å². The minimum atomic E-state index is -0.359. The molecule has 0 spiro atoms. The fourth-order valence-electron chi connectivity index (χ4n) is 0.638. The van der Waals surface area contributed by atoms with Crippen molar-refractivity contribution >= 4 is 22.9 Å². The predicted molar refractivity (Wildman–Crippen MR) is 49.5 cm³/mol. The third-order valence-electron chi connectivity index (χ3n) is 1.61. The molecule has 0 unspecified atom stereocenters. The summed E-state index contributed by atoms with van der Waals surface area (Å²) in [6.45, 7) is 3.90. The summed E-state index contributed by atoms with van der Waals surface area (Å²) < 4.78 is 5.25. The first-order valence-electron chi connectivity index (χ1n) is 3.54. The maximum Gasteiger partial charge on any atom is 0.148 e. The minimum Gasteiger partial charge on any atom is -0.372 e. The second-order valence-corrected chi connectivity index (χ2v) is 4.18. The molecule has 0 aliphatic heterocycles. The highest BCUT2D eigenvalue weighted by Crippen LogP contribution is 2.26. The highest BCUT2D eigenvalue weighted by Gasteiger charge is 2.24. The number of rotatable bonds is 3. The molecular weight excluding hydrogens is 196 g/mol. The van der Waals surface area contributed by atoms with Crippen LogP contribution in [-0.4, -0.2) is 17.3 Å². The summed E-state index contributed by atoms with van der Waals surface area (Å²) in [7, 11) is 1.65. The van der Waals surface area contributed by atoms with E-state index < -0.39 is 0 Å². The van der Waals surface area contributed by atoms with Crippen molar-refractivity contribution in [3.8, 4) is 0 Å². The van der Waals surface area contributed by atoms with Crippen LogP contribution in [0.5, 0.6) is 0 Å². The Morgan fingerprint density at radius 3 is 2.58 bits per heavy atom. The lowest BCUT2D eigenvalue weighted by molar-refractivity contribution is 0.0185. The van der Waals surface area contributed by atoms with E-state index in [0.717, 1.165) is 10.0 Å². The molecule has 0 aromatic carbocycles. The van der Waals surface area contributed by atoms with Gasteiger partial charge < -0.3 is 4.74 Å². The molecule has 12 heavy (non-hydrogen) atoms. The third-order valence-corrected chi connectivity index (χ3v) is 3.25. The first-order chi connectivity index (χ1) is 5.60. The number of halogens is 1. The van der Waals surface area contributed by atoms with Crippen LogP contribution in [0.25, 0.3) is 0 Å². The summed E-state index contributed by atoms with van der Waals surface area (Å²) in [4.78, 5) is 0. The van der Waals surface area contributed by atoms with E-state index in [4.69, 9.17) is 16.3 Å². The zero-order valence-electron chi connectivity index (χ0n) is 7.30. The Morgan fingerprint density at radius 2 is 2.17 bits per heavy atom. The lowest BCUT2D eigenvalue weighted by Gasteiger charge is -2.18. The summed E-state index contributed by atoms with van der Waals surface area (Å²) in [5.41, 5.74) is -0.359. The van der Waals surface area contributed by atoms with Crippen molar-refractivity contribution in [3.63, 3.8) is 0 Å². The summed E-state index contributed by atoms with van der Waals surface area (Å²) in [6.07, 6.45) is 0. The van der Waals surface area contributed by atoms with Crippen LogP contribution in [0.1, 0.15) is 23.9 Å². The molecule has 1 heterocycles. The number of alkyl halides is 1. The van der Waals surface area contributed by atoms with Crippen molar-refractivity contribution in [2.24, 2.45) is 0 Å². The normalized spacial score (nSPS) is 12.0. The standard InChI is InChI=1S/C7H11ClN2OS/c1-7(2,11-3)6-10-9-5(4-8)12-6/h4H2,1-3H3. The fourth-order valence-corrected chi connectivity index (χ4v) is 1.63. The molecule has 0 saturated heterocycles. The van der Waals surface area contributed by atoms with Gasteiger partial charge in [-0.05, 0) is 13.8 Å². The maximum absolute atomic E-state index is 5.60. The van der Waals surface area contributed by atoms with Crippen LogP contribution in [0.2, 0.25) is 0 Å². The number of ether oxygens (including phenoxy) is 1. The topological polar surface area (TPSA) is 35.0 Å². The summed E-state index contributed by atoms with van der Waals surface area (Å²) in [5, 5.41) is 9.59. The van der Waals surface area contributed by atoms with Crippen molar-refractivity contribution < 1.29 is 4.74 Å². The van der Waals surface area contributed by atoms with Crippen LogP contribution in [0, 0.1) is 0 Å². The van der Waals surface area contributed by atoms with Crippen LogP contribution in [0.3, 0.4) is 0 Å². The van der Waals surface area contributed by atoms with E-state index in [2.05, 4.69) is 10.2 Å². The van der Waals surface area contributed by atoms with Crippen LogP contribution < -0.4 is 0 Å². The second kappa shape index (κ2) is 3.68. The molecule has 0 aliphatic rings. The Morgan fingerprint density at radius 1 is 1.50 bits per heavy atom. The monoisotopic (exact) mass is 206 g/mol. The highest BCUT2D eigenvalue weighted by molar-refractivity contribution is 7.11. The van der Waals surface area contributed by atoms with Gasteiger partial charge in [0.2, 0.25) is 0 Å². The van der Waals surface area contributed by atoms with E-state index >= 15 is 0 Å². The van der Waals surface area contributed by atoms with Gasteiger partial charge in [0.25, 0.3) is 0 Å². The number of methoxy groups -OCH3 is 1. The number of hydrogen-bond donors (Lipinski definition) is 0. The molecule has 1 aromatic heterocycles. The van der Waals surface area contributed by atoms with Crippen molar-refractivity contribution in [3.05, 3.63) is 10.0 Å². The number of hydrogen-bond acceptors (Lipinski definition) is 4. The Bertz CT molecular complexity index is 262. The van der Waals surface area contributed by atoms with E-state index in [1.165, 1.54) is 11.3 Å². The molecule has 3 nitrogen and oxygen atoms in total. The molecule has 1 rings (SSSR count). The largest absolute Gasteiger partial charge is 0.372 e. The summed E-state index contributed by atoms with van der Waals surface area (Å²) in [6, 6.07) is 0. The lowest BCUT2D eigenvalue weighted by Crippen LogP contribution is -2.18. The Kier molecular flexibility index (Phi) is 3.04. The third kappa shape index (κ3) is 1.94. The molecule has 5 heteroatoms. The van der Waals surface area contributed by atoms with Crippen molar-refractivity contribution in [2.75, 3.05) is 7.11 Å². The lowest BCUT2D eigenvalue weighted by atomic mass is 10.1. The van der Waals surface area contributed by atoms with E-state index in [1.807, 2.05) is 13.8 Å². The predicted octanol–water partition coefficient (Wildman–Crippen LogP) is 2.16. The van der Waals surface area contributed by atoms with Gasteiger partial charge in [0, 0.05) is 7.11 Å². The second-order valence-electron chi connectivity index (χ2n) is 2.85. The smallest absolute Gasteiger partial charge is 0.148 e. The zero-order chi connectivity index (χ0) is 9.19. The van der Waals surface area contributed by atoms with Gasteiger partial charge in [-0.25, -0.2) is 0 Å². The van der Waals surface area contributed by atoms with Gasteiger partial charge in [0.1, 0.15) is 15.6 Å². The van der Waals surface area contributed by atoms with Gasteiger partial charge >= 0.3 is 0 Å². The molecule has 1 aromatic rings. The van der Waals surface area contributed by atoms with Crippen LogP contribution in [-0.2, 0) is 16.2 Å². The molecule has 0 amide bonds. The average molecular weight is 207 g/mol. The number of aromatic nitrogens is 2. The van der Waals surface area contributed by atoms with E-state index in [-0.39, 0.29) is 5.60 Å². The van der Waals surface area contributed by atoms with Gasteiger partial charge in [-0.15, -0.1) is 21.8 Å². The first-order valence-corrected chi connectivity index (χ1v) is 4.89. The number of nitrogens with zero attached hydrogens (tertiary/aromatic N) is 2. The van der Waals surface area contributed by atoms with Crippen LogP contribution in [0.15, 0.2) is 0 Å². The minimum absolute atomic E-state index is 0.359. The van der Waals surface area contributed by atoms with Crippen molar-refractivity contribution in [1.82, 2.24) is 10.2 Å². The molecule has 0 saturated carbocycles. The molecule has 0 fully saturated rings. The summed E-state index contributed by atoms with van der Waals surface area (Å²) >= 11 is 7.09. The highest BCUT2D eigenvalue weighted by atomic mass is 35.5. The zero-order valence-corrected chi connectivity index (χ0v) is 8.87. The maximum atomic E-state index is 5.60. The van der Waals surface area contributed by atoms with Gasteiger partial charge in [0.05, 0.1) is 5.88 Å². The van der Waals surface area contributed by atoms with Gasteiger partial charge in [-0.2, -0.15) is 0 Å². The first kappa shape index (κ1) is 9.89. The Hall–Kier alpha value is -0.190. The fraction of sp³-hybridized carbons (Fsp3) is 0.714. The molecule has 0 N–H and O–H groups in total. The van der Waals surface area contributed by atoms with Gasteiger partial charge in [-0.1, -0.05) is 11.3 Å². The molecule has 0 radical (unpaired) electrons. The van der Waals surface area contributed by atoms with Crippen molar-refractivity contribution in [1.29, 1.82) is 0 Å². The molecule has 0 aliphatic carbocycles. The summed E-state index contributed by atoms with van der Waals surface area (Å²) in [5.74, 6) is 0.414. The van der Waals surface area contributed by atoms with E-state index in [0.29, 0.717) is 5.88 Å². The average Bonchev–Trinajstić information content (AvgIpc) is 2.52. The van der Waals surface area contributed by atoms with Crippen molar-refractivity contribution in [2.45, 2.75) is 25.3 Å². The Balaban J connectivity index is 2.88. The SMILES string of the molecule is COC(C)(C)c1nnc(CCl)s1.